The number of ether oxygens (including phenoxy) is 2. The number of halogens is 1. The molecule has 0 aliphatic rings. The van der Waals surface area contributed by atoms with Gasteiger partial charge in [0.1, 0.15) is 18.0 Å². The average molecular weight is 441 g/mol. The van der Waals surface area contributed by atoms with Crippen molar-refractivity contribution in [1.82, 2.24) is 5.32 Å². The van der Waals surface area contributed by atoms with Crippen LogP contribution >= 0.6 is 11.6 Å². The maximum Gasteiger partial charge on any atom is 0.241 e. The second kappa shape index (κ2) is 9.84. The minimum absolute atomic E-state index is 0.0412. The fourth-order valence-corrected chi connectivity index (χ4v) is 3.70. The standard InChI is InChI=1S/C20H25ClN2O5S/c1-14(2)28-17-7-5-6-15(10-17)12-22-20(24)13-23(29(4,25)26)16-8-9-19(27-3)18(21)11-16/h5-11,14H,12-13H2,1-4H3,(H,22,24). The van der Waals surface area contributed by atoms with Gasteiger partial charge in [0.15, 0.2) is 0 Å². The van der Waals surface area contributed by atoms with Gasteiger partial charge in [-0.3, -0.25) is 9.10 Å². The molecule has 0 aliphatic heterocycles. The van der Waals surface area contributed by atoms with Crippen molar-refractivity contribution in [3.05, 3.63) is 53.1 Å². The SMILES string of the molecule is COc1ccc(N(CC(=O)NCc2cccc(OC(C)C)c2)S(C)(=O)=O)cc1Cl. The Morgan fingerprint density at radius 3 is 2.52 bits per heavy atom. The Bertz CT molecular complexity index is 963. The minimum atomic E-state index is -3.70. The molecule has 1 N–H and O–H groups in total. The summed E-state index contributed by atoms with van der Waals surface area (Å²) >= 11 is 6.09. The largest absolute Gasteiger partial charge is 0.495 e. The third-order valence-corrected chi connectivity index (χ3v) is 5.31. The number of nitrogens with one attached hydrogen (secondary N) is 1. The molecule has 9 heteroatoms. The fourth-order valence-electron chi connectivity index (χ4n) is 2.60. The van der Waals surface area contributed by atoms with Gasteiger partial charge in [-0.15, -0.1) is 0 Å². The van der Waals surface area contributed by atoms with Gasteiger partial charge < -0.3 is 14.8 Å². The van der Waals surface area contributed by atoms with E-state index in [2.05, 4.69) is 5.32 Å². The molecule has 2 rings (SSSR count). The van der Waals surface area contributed by atoms with Gasteiger partial charge in [0.2, 0.25) is 15.9 Å². The van der Waals surface area contributed by atoms with Crippen LogP contribution in [0.1, 0.15) is 19.4 Å². The van der Waals surface area contributed by atoms with E-state index in [0.717, 1.165) is 16.1 Å². The molecule has 29 heavy (non-hydrogen) atoms. The third kappa shape index (κ3) is 6.83. The Morgan fingerprint density at radius 2 is 1.93 bits per heavy atom. The lowest BCUT2D eigenvalue weighted by Gasteiger charge is -2.22. The van der Waals surface area contributed by atoms with Gasteiger partial charge in [-0.05, 0) is 49.7 Å². The summed E-state index contributed by atoms with van der Waals surface area (Å²) in [4.78, 5) is 12.4. The van der Waals surface area contributed by atoms with Crippen LogP contribution in [-0.2, 0) is 21.4 Å². The number of amides is 1. The summed E-state index contributed by atoms with van der Waals surface area (Å²) < 4.78 is 36.1. The van der Waals surface area contributed by atoms with E-state index in [1.807, 2.05) is 38.1 Å². The van der Waals surface area contributed by atoms with Crippen LogP contribution in [0.3, 0.4) is 0 Å². The lowest BCUT2D eigenvalue weighted by atomic mass is 10.2. The molecule has 0 bridgehead atoms. The molecule has 2 aromatic rings. The monoisotopic (exact) mass is 440 g/mol. The lowest BCUT2D eigenvalue weighted by molar-refractivity contribution is -0.119. The van der Waals surface area contributed by atoms with E-state index >= 15 is 0 Å². The van der Waals surface area contributed by atoms with Crippen molar-refractivity contribution in [2.75, 3.05) is 24.2 Å². The van der Waals surface area contributed by atoms with E-state index in [1.165, 1.54) is 19.2 Å². The lowest BCUT2D eigenvalue weighted by Crippen LogP contribution is -2.40. The molecule has 0 aliphatic carbocycles. The van der Waals surface area contributed by atoms with Crippen molar-refractivity contribution in [3.8, 4) is 11.5 Å². The normalized spacial score (nSPS) is 11.2. The van der Waals surface area contributed by atoms with Crippen LogP contribution in [0.25, 0.3) is 0 Å². The number of methoxy groups -OCH3 is 1. The van der Waals surface area contributed by atoms with E-state index in [4.69, 9.17) is 21.1 Å². The molecule has 0 radical (unpaired) electrons. The maximum atomic E-state index is 12.4. The van der Waals surface area contributed by atoms with Crippen molar-refractivity contribution in [2.45, 2.75) is 26.5 Å². The number of sulfonamides is 1. The summed E-state index contributed by atoms with van der Waals surface area (Å²) in [6.07, 6.45) is 1.07. The zero-order chi connectivity index (χ0) is 21.6. The van der Waals surface area contributed by atoms with E-state index in [1.54, 1.807) is 6.07 Å². The van der Waals surface area contributed by atoms with Crippen molar-refractivity contribution >= 4 is 33.2 Å². The van der Waals surface area contributed by atoms with Crippen molar-refractivity contribution in [3.63, 3.8) is 0 Å². The first-order valence-corrected chi connectivity index (χ1v) is 11.2. The highest BCUT2D eigenvalue weighted by molar-refractivity contribution is 7.92. The predicted molar refractivity (Wildman–Crippen MR) is 114 cm³/mol. The van der Waals surface area contributed by atoms with Gasteiger partial charge >= 0.3 is 0 Å². The first-order valence-electron chi connectivity index (χ1n) is 8.93. The molecule has 0 atom stereocenters. The van der Waals surface area contributed by atoms with E-state index < -0.39 is 15.9 Å². The van der Waals surface area contributed by atoms with Crippen LogP contribution in [0.4, 0.5) is 5.69 Å². The highest BCUT2D eigenvalue weighted by Crippen LogP contribution is 2.30. The van der Waals surface area contributed by atoms with Gasteiger partial charge in [-0.25, -0.2) is 8.42 Å². The van der Waals surface area contributed by atoms with Crippen LogP contribution in [0.2, 0.25) is 5.02 Å². The second-order valence-electron chi connectivity index (χ2n) is 6.68. The summed E-state index contributed by atoms with van der Waals surface area (Å²) in [6.45, 7) is 3.73. The molecule has 0 saturated heterocycles. The smallest absolute Gasteiger partial charge is 0.241 e. The van der Waals surface area contributed by atoms with Crippen molar-refractivity contribution in [1.29, 1.82) is 0 Å². The quantitative estimate of drug-likeness (QED) is 0.647. The molecule has 0 spiro atoms. The number of nitrogens with zero attached hydrogens (tertiary/aromatic N) is 1. The van der Waals surface area contributed by atoms with Gasteiger partial charge in [-0.1, -0.05) is 23.7 Å². The number of carbonyl (C=O) groups excluding carboxylic acids is 1. The number of benzene rings is 2. The summed E-state index contributed by atoms with van der Waals surface area (Å²) in [5.41, 5.74) is 1.12. The molecule has 158 valence electrons. The molecular formula is C20H25ClN2O5S. The molecule has 0 saturated carbocycles. The van der Waals surface area contributed by atoms with Gasteiger partial charge in [-0.2, -0.15) is 0 Å². The zero-order valence-electron chi connectivity index (χ0n) is 16.8. The van der Waals surface area contributed by atoms with Gasteiger partial charge in [0, 0.05) is 6.54 Å². The molecule has 0 heterocycles. The highest BCUT2D eigenvalue weighted by atomic mass is 35.5. The summed E-state index contributed by atoms with van der Waals surface area (Å²) in [6, 6.07) is 11.9. The molecule has 7 nitrogen and oxygen atoms in total. The minimum Gasteiger partial charge on any atom is -0.495 e. The average Bonchev–Trinajstić information content (AvgIpc) is 2.63. The highest BCUT2D eigenvalue weighted by Gasteiger charge is 2.21. The first kappa shape index (κ1) is 22.8. The number of carbonyl (C=O) groups is 1. The summed E-state index contributed by atoms with van der Waals surface area (Å²) in [5, 5.41) is 2.98. The van der Waals surface area contributed by atoms with Crippen molar-refractivity contribution < 1.29 is 22.7 Å². The Labute approximate surface area is 176 Å². The van der Waals surface area contributed by atoms with E-state index in [0.29, 0.717) is 11.5 Å². The molecular weight excluding hydrogens is 416 g/mol. The Hall–Kier alpha value is -2.45. The second-order valence-corrected chi connectivity index (χ2v) is 8.99. The Morgan fingerprint density at radius 1 is 1.21 bits per heavy atom. The predicted octanol–water partition coefficient (Wildman–Crippen LogP) is 3.22. The number of anilines is 1. The molecule has 0 fully saturated rings. The molecule has 2 aromatic carbocycles. The Kier molecular flexibility index (Phi) is 7.75. The zero-order valence-corrected chi connectivity index (χ0v) is 18.4. The maximum absolute atomic E-state index is 12.4. The molecule has 0 unspecified atom stereocenters. The van der Waals surface area contributed by atoms with E-state index in [-0.39, 0.29) is 29.9 Å². The summed E-state index contributed by atoms with van der Waals surface area (Å²) in [5.74, 6) is 0.673. The molecule has 0 aromatic heterocycles. The van der Waals surface area contributed by atoms with Crippen LogP contribution < -0.4 is 19.1 Å². The summed E-state index contributed by atoms with van der Waals surface area (Å²) in [7, 11) is -2.24. The topological polar surface area (TPSA) is 84.9 Å². The van der Waals surface area contributed by atoms with E-state index in [9.17, 15) is 13.2 Å². The first-order chi connectivity index (χ1) is 13.6. The number of hydrogen-bond donors (Lipinski definition) is 1. The van der Waals surface area contributed by atoms with Crippen LogP contribution in [0.5, 0.6) is 11.5 Å². The van der Waals surface area contributed by atoms with Gasteiger partial charge in [0.25, 0.3) is 0 Å². The number of rotatable bonds is 9. The fraction of sp³-hybridized carbons (Fsp3) is 0.350. The van der Waals surface area contributed by atoms with Gasteiger partial charge in [0.05, 0.1) is 30.2 Å². The van der Waals surface area contributed by atoms with Crippen LogP contribution in [-0.4, -0.2) is 40.3 Å². The van der Waals surface area contributed by atoms with Crippen molar-refractivity contribution in [2.24, 2.45) is 0 Å². The Balaban J connectivity index is 2.09. The molecule has 1 amide bonds. The number of hydrogen-bond acceptors (Lipinski definition) is 5. The van der Waals surface area contributed by atoms with Crippen LogP contribution in [0.15, 0.2) is 42.5 Å². The third-order valence-electron chi connectivity index (χ3n) is 3.87. The van der Waals surface area contributed by atoms with Crippen LogP contribution in [0, 0.1) is 0 Å².